The first-order valence-electron chi connectivity index (χ1n) is 7.02. The number of aromatic nitrogens is 1. The Morgan fingerprint density at radius 3 is 2.67 bits per heavy atom. The second-order valence-corrected chi connectivity index (χ2v) is 5.39. The zero-order valence-electron chi connectivity index (χ0n) is 12.2. The zero-order chi connectivity index (χ0) is 15.2. The number of nitrogens with one attached hydrogen (secondary N) is 1. The molecule has 112 valence electrons. The van der Waals surface area contributed by atoms with E-state index in [1.807, 2.05) is 44.2 Å². The van der Waals surface area contributed by atoms with Gasteiger partial charge in [-0.05, 0) is 12.3 Å². The molecule has 0 fully saturated rings. The van der Waals surface area contributed by atoms with Crippen LogP contribution in [0.4, 0.5) is 0 Å². The van der Waals surface area contributed by atoms with E-state index >= 15 is 0 Å². The highest BCUT2D eigenvalue weighted by Crippen LogP contribution is 2.19. The molecule has 0 aliphatic carbocycles. The van der Waals surface area contributed by atoms with Crippen LogP contribution >= 0.6 is 0 Å². The normalized spacial score (nSPS) is 12.5. The Bertz CT molecular complexity index is 578. The molecule has 0 saturated carbocycles. The predicted octanol–water partition coefficient (Wildman–Crippen LogP) is 2.93. The van der Waals surface area contributed by atoms with Crippen LogP contribution in [0.3, 0.4) is 0 Å². The molecule has 1 unspecified atom stereocenters. The first kappa shape index (κ1) is 15.3. The van der Waals surface area contributed by atoms with Crippen molar-refractivity contribution in [3.8, 4) is 11.3 Å². The number of rotatable bonds is 7. The highest BCUT2D eigenvalue weighted by atomic mass is 16.4. The average Bonchev–Trinajstić information content (AvgIpc) is 2.92. The molecule has 1 atom stereocenters. The molecule has 0 aliphatic rings. The summed E-state index contributed by atoms with van der Waals surface area (Å²) < 4.78 is 5.64. The van der Waals surface area contributed by atoms with E-state index in [1.54, 1.807) is 6.20 Å². The second-order valence-electron chi connectivity index (χ2n) is 5.39. The molecule has 0 radical (unpaired) electrons. The summed E-state index contributed by atoms with van der Waals surface area (Å²) in [6.07, 6.45) is 2.23. The molecule has 2 N–H and O–H groups in total. The van der Waals surface area contributed by atoms with Crippen LogP contribution in [0.15, 0.2) is 40.9 Å². The number of oxazole rings is 1. The molecule has 2 aromatic rings. The van der Waals surface area contributed by atoms with Gasteiger partial charge in [0.05, 0.1) is 12.7 Å². The van der Waals surface area contributed by atoms with Gasteiger partial charge in [-0.15, -0.1) is 0 Å². The molecule has 1 aromatic carbocycles. The molecule has 2 rings (SSSR count). The fraction of sp³-hybridized carbons (Fsp3) is 0.375. The highest BCUT2D eigenvalue weighted by molar-refractivity contribution is 5.73. The molecular weight excluding hydrogens is 268 g/mol. The molecule has 0 bridgehead atoms. The topological polar surface area (TPSA) is 75.4 Å². The standard InChI is InChI=1S/C16H20N2O3/c1-11(2)8-13(16(19)20)17-10-15-18-9-14(21-15)12-6-4-3-5-7-12/h3-7,9,11,13,17H,8,10H2,1-2H3,(H,19,20). The summed E-state index contributed by atoms with van der Waals surface area (Å²) in [7, 11) is 0. The molecule has 5 nitrogen and oxygen atoms in total. The van der Waals surface area contributed by atoms with Crippen LogP contribution in [0.1, 0.15) is 26.2 Å². The SMILES string of the molecule is CC(C)CC(NCc1ncc(-c2ccccc2)o1)C(=O)O. The van der Waals surface area contributed by atoms with E-state index in [0.29, 0.717) is 30.5 Å². The van der Waals surface area contributed by atoms with Gasteiger partial charge in [-0.3, -0.25) is 10.1 Å². The average molecular weight is 288 g/mol. The Labute approximate surface area is 124 Å². The van der Waals surface area contributed by atoms with E-state index in [9.17, 15) is 4.79 Å². The summed E-state index contributed by atoms with van der Waals surface area (Å²) in [4.78, 5) is 15.4. The molecule has 1 aromatic heterocycles. The monoisotopic (exact) mass is 288 g/mol. The third-order valence-electron chi connectivity index (χ3n) is 3.12. The fourth-order valence-corrected chi connectivity index (χ4v) is 2.08. The van der Waals surface area contributed by atoms with Crippen LogP contribution in [0.2, 0.25) is 0 Å². The van der Waals surface area contributed by atoms with E-state index in [0.717, 1.165) is 5.56 Å². The number of carboxylic acid groups (broad SMARTS) is 1. The van der Waals surface area contributed by atoms with Gasteiger partial charge in [0, 0.05) is 5.56 Å². The molecule has 0 saturated heterocycles. The van der Waals surface area contributed by atoms with Crippen LogP contribution in [0.25, 0.3) is 11.3 Å². The second kappa shape index (κ2) is 7.04. The number of hydrogen-bond acceptors (Lipinski definition) is 4. The Hall–Kier alpha value is -2.14. The summed E-state index contributed by atoms with van der Waals surface area (Å²) in [6.45, 7) is 4.29. The van der Waals surface area contributed by atoms with E-state index < -0.39 is 12.0 Å². The van der Waals surface area contributed by atoms with Gasteiger partial charge in [-0.25, -0.2) is 4.98 Å². The highest BCUT2D eigenvalue weighted by Gasteiger charge is 2.19. The van der Waals surface area contributed by atoms with Crippen LogP contribution in [0, 0.1) is 5.92 Å². The maximum atomic E-state index is 11.2. The van der Waals surface area contributed by atoms with Gasteiger partial charge < -0.3 is 9.52 Å². The predicted molar refractivity (Wildman–Crippen MR) is 79.7 cm³/mol. The largest absolute Gasteiger partial charge is 0.480 e. The van der Waals surface area contributed by atoms with E-state index in [-0.39, 0.29) is 0 Å². The number of nitrogens with zero attached hydrogens (tertiary/aromatic N) is 1. The summed E-state index contributed by atoms with van der Waals surface area (Å²) in [6, 6.07) is 9.09. The molecule has 0 aliphatic heterocycles. The lowest BCUT2D eigenvalue weighted by Gasteiger charge is -2.15. The van der Waals surface area contributed by atoms with Crippen molar-refractivity contribution in [3.63, 3.8) is 0 Å². The minimum Gasteiger partial charge on any atom is -0.480 e. The third kappa shape index (κ3) is 4.43. The maximum Gasteiger partial charge on any atom is 0.320 e. The number of hydrogen-bond donors (Lipinski definition) is 2. The van der Waals surface area contributed by atoms with Crippen LogP contribution in [-0.4, -0.2) is 22.1 Å². The lowest BCUT2D eigenvalue weighted by Crippen LogP contribution is -2.37. The summed E-state index contributed by atoms with van der Waals surface area (Å²) in [5.74, 6) is 0.633. The summed E-state index contributed by atoms with van der Waals surface area (Å²) in [5, 5.41) is 12.1. The van der Waals surface area contributed by atoms with E-state index in [2.05, 4.69) is 10.3 Å². The number of benzene rings is 1. The quantitative estimate of drug-likeness (QED) is 0.819. The van der Waals surface area contributed by atoms with Gasteiger partial charge in [0.2, 0.25) is 5.89 Å². The molecule has 0 spiro atoms. The van der Waals surface area contributed by atoms with Crippen molar-refractivity contribution < 1.29 is 14.3 Å². The number of carbonyl (C=O) groups is 1. The van der Waals surface area contributed by atoms with Crippen molar-refractivity contribution in [2.24, 2.45) is 5.92 Å². The molecule has 1 heterocycles. The van der Waals surface area contributed by atoms with Gasteiger partial charge in [0.1, 0.15) is 6.04 Å². The number of aliphatic carboxylic acids is 1. The van der Waals surface area contributed by atoms with E-state index in [4.69, 9.17) is 9.52 Å². The molecular formula is C16H20N2O3. The minimum atomic E-state index is -0.849. The zero-order valence-corrected chi connectivity index (χ0v) is 12.2. The lowest BCUT2D eigenvalue weighted by atomic mass is 10.0. The smallest absolute Gasteiger partial charge is 0.320 e. The van der Waals surface area contributed by atoms with Gasteiger partial charge in [0.15, 0.2) is 5.76 Å². The van der Waals surface area contributed by atoms with Gasteiger partial charge in [-0.2, -0.15) is 0 Å². The lowest BCUT2D eigenvalue weighted by molar-refractivity contribution is -0.140. The van der Waals surface area contributed by atoms with Crippen molar-refractivity contribution in [1.82, 2.24) is 10.3 Å². The molecule has 0 amide bonds. The van der Waals surface area contributed by atoms with Crippen LogP contribution in [-0.2, 0) is 11.3 Å². The minimum absolute atomic E-state index is 0.302. The molecule has 5 heteroatoms. The van der Waals surface area contributed by atoms with Crippen molar-refractivity contribution in [1.29, 1.82) is 0 Å². The Kier molecular flexibility index (Phi) is 5.11. The van der Waals surface area contributed by atoms with Crippen molar-refractivity contribution in [2.75, 3.05) is 0 Å². The summed E-state index contributed by atoms with van der Waals surface area (Å²) in [5.41, 5.74) is 0.952. The Morgan fingerprint density at radius 2 is 2.05 bits per heavy atom. The Morgan fingerprint density at radius 1 is 1.33 bits per heavy atom. The Balaban J connectivity index is 1.98. The first-order valence-corrected chi connectivity index (χ1v) is 7.02. The van der Waals surface area contributed by atoms with Crippen molar-refractivity contribution >= 4 is 5.97 Å². The number of carboxylic acids is 1. The third-order valence-corrected chi connectivity index (χ3v) is 3.12. The van der Waals surface area contributed by atoms with Gasteiger partial charge in [-0.1, -0.05) is 44.2 Å². The molecule has 21 heavy (non-hydrogen) atoms. The fourth-order valence-electron chi connectivity index (χ4n) is 2.08. The van der Waals surface area contributed by atoms with Crippen LogP contribution < -0.4 is 5.32 Å². The maximum absolute atomic E-state index is 11.2. The van der Waals surface area contributed by atoms with Crippen molar-refractivity contribution in [3.05, 3.63) is 42.4 Å². The van der Waals surface area contributed by atoms with Gasteiger partial charge >= 0.3 is 5.97 Å². The van der Waals surface area contributed by atoms with Crippen LogP contribution in [0.5, 0.6) is 0 Å². The summed E-state index contributed by atoms with van der Waals surface area (Å²) >= 11 is 0. The van der Waals surface area contributed by atoms with Gasteiger partial charge in [0.25, 0.3) is 0 Å². The van der Waals surface area contributed by atoms with E-state index in [1.165, 1.54) is 0 Å². The van der Waals surface area contributed by atoms with Crippen molar-refractivity contribution in [2.45, 2.75) is 32.9 Å². The first-order chi connectivity index (χ1) is 10.1.